The molecule has 3 atom stereocenters. The highest BCUT2D eigenvalue weighted by Crippen LogP contribution is 2.43. The van der Waals surface area contributed by atoms with E-state index in [9.17, 15) is 19.4 Å². The predicted molar refractivity (Wildman–Crippen MR) is 286 cm³/mol. The molecule has 66 heavy (non-hydrogen) atoms. The van der Waals surface area contributed by atoms with Crippen molar-refractivity contribution in [2.24, 2.45) is 0 Å². The van der Waals surface area contributed by atoms with E-state index in [-0.39, 0.29) is 19.1 Å². The van der Waals surface area contributed by atoms with Crippen LogP contribution in [0.15, 0.2) is 24.3 Å². The number of unbranched alkanes of at least 4 members (excludes halogenated alkanes) is 36. The molecular formula is C57H114N2O6P+. The van der Waals surface area contributed by atoms with Gasteiger partial charge < -0.3 is 19.8 Å². The van der Waals surface area contributed by atoms with Crippen LogP contribution < -0.4 is 5.32 Å². The van der Waals surface area contributed by atoms with Gasteiger partial charge in [0, 0.05) is 6.42 Å². The number of carbonyl (C=O) groups is 1. The molecule has 392 valence electrons. The minimum atomic E-state index is -4.32. The van der Waals surface area contributed by atoms with E-state index in [0.717, 1.165) is 44.9 Å². The molecule has 1 amide bonds. The Hall–Kier alpha value is -1.02. The number of phosphoric acid groups is 1. The molecule has 0 spiro atoms. The van der Waals surface area contributed by atoms with Crippen LogP contribution in [0.3, 0.4) is 0 Å². The summed E-state index contributed by atoms with van der Waals surface area (Å²) in [5, 5.41) is 14.0. The molecule has 3 N–H and O–H groups in total. The van der Waals surface area contributed by atoms with Crippen molar-refractivity contribution >= 4 is 13.7 Å². The van der Waals surface area contributed by atoms with Crippen molar-refractivity contribution in [2.45, 2.75) is 296 Å². The maximum absolute atomic E-state index is 13.0. The fourth-order valence-corrected chi connectivity index (χ4v) is 9.40. The molecular weight excluding hydrogens is 840 g/mol. The Bertz CT molecular complexity index is 1130. The third kappa shape index (κ3) is 50.8. The lowest BCUT2D eigenvalue weighted by Crippen LogP contribution is -2.46. The normalized spacial score (nSPS) is 14.1. The first kappa shape index (κ1) is 65.0. The Balaban J connectivity index is 4.01. The Kier molecular flexibility index (Phi) is 48.2. The first-order valence-electron chi connectivity index (χ1n) is 28.7. The number of nitrogens with zero attached hydrogens (tertiary/aromatic N) is 1. The molecule has 9 heteroatoms. The number of aliphatic hydroxyl groups excluding tert-OH is 1. The summed E-state index contributed by atoms with van der Waals surface area (Å²) < 4.78 is 23.7. The average molecular weight is 955 g/mol. The average Bonchev–Trinajstić information content (AvgIpc) is 3.28. The van der Waals surface area contributed by atoms with Gasteiger partial charge >= 0.3 is 7.82 Å². The number of aliphatic hydroxyl groups is 1. The standard InChI is InChI=1S/C57H113N2O6P/c1-6-8-10-12-14-16-18-20-21-22-23-24-25-26-27-28-29-30-31-32-33-34-35-36-37-39-41-43-45-47-49-51-57(61)58-55(54-65-66(62,63)64-53-52-59(3,4)5)56(60)50-48-46-44-42-40-38-19-17-15-13-11-9-7-2/h23-24,26-27,55-56,60H,6-22,25,28-54H2,1-5H3,(H-,58,61,62,63)/p+1/b24-23-,27-26-. The zero-order valence-electron chi connectivity index (χ0n) is 44.7. The number of rotatable bonds is 53. The number of allylic oxidation sites excluding steroid dienone is 4. The van der Waals surface area contributed by atoms with Crippen molar-refractivity contribution in [2.75, 3.05) is 40.9 Å². The molecule has 0 aliphatic heterocycles. The van der Waals surface area contributed by atoms with E-state index in [2.05, 4.69) is 43.5 Å². The predicted octanol–water partition coefficient (Wildman–Crippen LogP) is 17.2. The second kappa shape index (κ2) is 49.0. The number of carbonyl (C=O) groups excluding carboxylic acids is 1. The molecule has 0 aliphatic rings. The maximum atomic E-state index is 13.0. The molecule has 0 saturated heterocycles. The first-order chi connectivity index (χ1) is 32.0. The zero-order chi connectivity index (χ0) is 48.5. The number of amides is 1. The van der Waals surface area contributed by atoms with Gasteiger partial charge in [0.2, 0.25) is 5.91 Å². The summed E-state index contributed by atoms with van der Waals surface area (Å²) in [5.74, 6) is -0.142. The largest absolute Gasteiger partial charge is 0.472 e. The second-order valence-corrected chi connectivity index (χ2v) is 22.5. The lowest BCUT2D eigenvalue weighted by Gasteiger charge is -2.26. The van der Waals surface area contributed by atoms with Crippen LogP contribution in [0, 0.1) is 0 Å². The van der Waals surface area contributed by atoms with Crippen LogP contribution in [0.4, 0.5) is 0 Å². The van der Waals surface area contributed by atoms with Gasteiger partial charge in [-0.2, -0.15) is 0 Å². The molecule has 0 heterocycles. The third-order valence-corrected chi connectivity index (χ3v) is 14.2. The molecule has 0 aromatic carbocycles. The summed E-state index contributed by atoms with van der Waals surface area (Å²) in [5.41, 5.74) is 0. The van der Waals surface area contributed by atoms with E-state index in [4.69, 9.17) is 9.05 Å². The van der Waals surface area contributed by atoms with E-state index in [1.807, 2.05) is 21.1 Å². The van der Waals surface area contributed by atoms with E-state index < -0.39 is 20.0 Å². The Morgan fingerprint density at radius 1 is 0.515 bits per heavy atom. The van der Waals surface area contributed by atoms with Gasteiger partial charge in [-0.25, -0.2) is 4.57 Å². The second-order valence-electron chi connectivity index (χ2n) is 21.0. The lowest BCUT2D eigenvalue weighted by atomic mass is 10.0. The van der Waals surface area contributed by atoms with Crippen LogP contribution in [0.1, 0.15) is 284 Å². The monoisotopic (exact) mass is 954 g/mol. The molecule has 8 nitrogen and oxygen atoms in total. The van der Waals surface area contributed by atoms with Gasteiger partial charge in [-0.05, 0) is 44.9 Å². The van der Waals surface area contributed by atoms with Gasteiger partial charge in [-0.1, -0.05) is 256 Å². The highest BCUT2D eigenvalue weighted by molar-refractivity contribution is 7.47. The quantitative estimate of drug-likeness (QED) is 0.0243. The summed E-state index contributed by atoms with van der Waals surface area (Å²) in [6, 6.07) is -0.758. The van der Waals surface area contributed by atoms with Crippen LogP contribution in [0.2, 0.25) is 0 Å². The van der Waals surface area contributed by atoms with Crippen molar-refractivity contribution in [3.05, 3.63) is 24.3 Å². The van der Waals surface area contributed by atoms with Crippen LogP contribution >= 0.6 is 7.82 Å². The van der Waals surface area contributed by atoms with E-state index >= 15 is 0 Å². The summed E-state index contributed by atoms with van der Waals surface area (Å²) >= 11 is 0. The van der Waals surface area contributed by atoms with Crippen LogP contribution in [-0.2, 0) is 18.4 Å². The van der Waals surface area contributed by atoms with Crippen LogP contribution in [0.25, 0.3) is 0 Å². The number of quaternary nitrogens is 1. The summed E-state index contributed by atoms with van der Waals surface area (Å²) in [7, 11) is 1.63. The van der Waals surface area contributed by atoms with Gasteiger partial charge in [0.25, 0.3) is 0 Å². The molecule has 0 aromatic heterocycles. The molecule has 0 bridgehead atoms. The molecule has 0 fully saturated rings. The molecule has 0 rings (SSSR count). The van der Waals surface area contributed by atoms with E-state index in [1.165, 1.54) is 212 Å². The van der Waals surface area contributed by atoms with Gasteiger partial charge in [0.05, 0.1) is 39.9 Å². The maximum Gasteiger partial charge on any atom is 0.472 e. The highest BCUT2D eigenvalue weighted by atomic mass is 31.2. The minimum Gasteiger partial charge on any atom is -0.391 e. The van der Waals surface area contributed by atoms with E-state index in [0.29, 0.717) is 23.9 Å². The van der Waals surface area contributed by atoms with Crippen LogP contribution in [-0.4, -0.2) is 73.4 Å². The van der Waals surface area contributed by atoms with Crippen molar-refractivity contribution in [1.29, 1.82) is 0 Å². The van der Waals surface area contributed by atoms with Crippen molar-refractivity contribution in [1.82, 2.24) is 5.32 Å². The fourth-order valence-electron chi connectivity index (χ4n) is 8.67. The van der Waals surface area contributed by atoms with Gasteiger partial charge in [-0.3, -0.25) is 13.8 Å². The van der Waals surface area contributed by atoms with E-state index in [1.54, 1.807) is 0 Å². The smallest absolute Gasteiger partial charge is 0.391 e. The lowest BCUT2D eigenvalue weighted by molar-refractivity contribution is -0.870. The molecule has 3 unspecified atom stereocenters. The summed E-state index contributed by atoms with van der Waals surface area (Å²) in [6.07, 6.45) is 61.0. The summed E-state index contributed by atoms with van der Waals surface area (Å²) in [6.45, 7) is 4.91. The summed E-state index contributed by atoms with van der Waals surface area (Å²) in [4.78, 5) is 23.3. The molecule has 0 aliphatic carbocycles. The number of nitrogens with one attached hydrogen (secondary N) is 1. The zero-order valence-corrected chi connectivity index (χ0v) is 45.6. The third-order valence-electron chi connectivity index (χ3n) is 13.2. The van der Waals surface area contributed by atoms with Gasteiger partial charge in [0.1, 0.15) is 13.2 Å². The highest BCUT2D eigenvalue weighted by Gasteiger charge is 2.28. The Labute approximate surface area is 411 Å². The van der Waals surface area contributed by atoms with Gasteiger partial charge in [-0.15, -0.1) is 0 Å². The van der Waals surface area contributed by atoms with Crippen LogP contribution in [0.5, 0.6) is 0 Å². The molecule has 0 saturated carbocycles. The number of hydrogen-bond acceptors (Lipinski definition) is 5. The number of hydrogen-bond donors (Lipinski definition) is 3. The van der Waals surface area contributed by atoms with Crippen molar-refractivity contribution < 1.29 is 32.9 Å². The Morgan fingerprint density at radius 2 is 0.864 bits per heavy atom. The van der Waals surface area contributed by atoms with Crippen molar-refractivity contribution in [3.8, 4) is 0 Å². The molecule has 0 radical (unpaired) electrons. The van der Waals surface area contributed by atoms with Crippen molar-refractivity contribution in [3.63, 3.8) is 0 Å². The SMILES string of the molecule is CCCCCCCCCCC/C=C\C/C=C\CCCCCCCCCCCCCCCCCC(=O)NC(COP(=O)(O)OCC[N+](C)(C)C)C(O)CCCCCCCCCCCCCCC. The topological polar surface area (TPSA) is 105 Å². The minimum absolute atomic E-state index is 0.0763. The van der Waals surface area contributed by atoms with Gasteiger partial charge in [0.15, 0.2) is 0 Å². The fraction of sp³-hybridized carbons (Fsp3) is 0.912. The number of phosphoric ester groups is 1. The number of likely N-dealkylation sites (N-methyl/N-ethyl adjacent to an activating group) is 1. The Morgan fingerprint density at radius 3 is 1.24 bits per heavy atom. The molecule has 0 aromatic rings. The first-order valence-corrected chi connectivity index (χ1v) is 30.2.